The molecule has 5 nitrogen and oxygen atoms in total. The summed E-state index contributed by atoms with van der Waals surface area (Å²) in [6.07, 6.45) is 34.4. The molecule has 1 aromatic carbocycles. The number of fused-ring (bicyclic) bond motifs is 1. The highest BCUT2D eigenvalue weighted by atomic mass is 16.3. The highest BCUT2D eigenvalue weighted by Gasteiger charge is 2.09. The Kier molecular flexibility index (Phi) is 20.8. The minimum absolute atomic E-state index is 0.102. The maximum absolute atomic E-state index is 12.1. The van der Waals surface area contributed by atoms with Crippen LogP contribution in [0.3, 0.4) is 0 Å². The highest BCUT2D eigenvalue weighted by molar-refractivity contribution is 5.88. The summed E-state index contributed by atoms with van der Waals surface area (Å²) in [5.41, 5.74) is 1.72. The summed E-state index contributed by atoms with van der Waals surface area (Å²) >= 11 is 0. The Balaban J connectivity index is 1.26. The number of hydrogen-bond donors (Lipinski definition) is 4. The molecule has 0 aliphatic heterocycles. The van der Waals surface area contributed by atoms with E-state index in [1.54, 1.807) is 6.07 Å². The van der Waals surface area contributed by atoms with Crippen molar-refractivity contribution in [2.24, 2.45) is 0 Å². The molecule has 0 fully saturated rings. The average molecular weight is 585 g/mol. The van der Waals surface area contributed by atoms with Gasteiger partial charge in [0.05, 0.1) is 0 Å². The molecule has 4 N–H and O–H groups in total. The number of rotatable bonds is 28. The van der Waals surface area contributed by atoms with Gasteiger partial charge >= 0.3 is 0 Å². The van der Waals surface area contributed by atoms with Crippen molar-refractivity contribution in [3.05, 3.63) is 23.9 Å². The van der Waals surface area contributed by atoms with Gasteiger partial charge in [-0.3, -0.25) is 4.79 Å². The second kappa shape index (κ2) is 24.3. The summed E-state index contributed by atoms with van der Waals surface area (Å²) < 4.78 is 0. The number of carbonyl (C=O) groups excluding carboxylic acids is 1. The molecular formula is C37H64N2O3. The van der Waals surface area contributed by atoms with E-state index < -0.39 is 0 Å². The molecule has 1 aromatic heterocycles. The zero-order valence-electron chi connectivity index (χ0n) is 27.1. The maximum Gasteiger partial charge on any atom is 0.220 e. The lowest BCUT2D eigenvalue weighted by Crippen LogP contribution is -2.25. The molecule has 5 heteroatoms. The molecule has 42 heavy (non-hydrogen) atoms. The first-order valence-electron chi connectivity index (χ1n) is 17.9. The highest BCUT2D eigenvalue weighted by Crippen LogP contribution is 2.33. The second-order valence-electron chi connectivity index (χ2n) is 12.7. The first-order chi connectivity index (χ1) is 20.6. The van der Waals surface area contributed by atoms with Crippen molar-refractivity contribution in [3.63, 3.8) is 0 Å². The molecule has 0 saturated heterocycles. The van der Waals surface area contributed by atoms with Crippen LogP contribution >= 0.6 is 0 Å². The van der Waals surface area contributed by atoms with E-state index in [9.17, 15) is 15.0 Å². The number of unbranched alkanes of at least 4 members (excludes halogenated alkanes) is 23. The number of phenolic OH excluding ortho intramolecular Hbond substituents is 2. The predicted molar refractivity (Wildman–Crippen MR) is 179 cm³/mol. The Morgan fingerprint density at radius 3 is 1.52 bits per heavy atom. The van der Waals surface area contributed by atoms with Crippen LogP contribution < -0.4 is 5.32 Å². The molecule has 0 atom stereocenters. The molecule has 0 unspecified atom stereocenters. The topological polar surface area (TPSA) is 85.3 Å². The Hall–Kier alpha value is -2.17. The van der Waals surface area contributed by atoms with Crippen molar-refractivity contribution in [2.75, 3.05) is 6.54 Å². The summed E-state index contributed by atoms with van der Waals surface area (Å²) in [5, 5.41) is 23.2. The fourth-order valence-corrected chi connectivity index (χ4v) is 6.04. The Labute approximate surface area is 257 Å². The Morgan fingerprint density at radius 1 is 0.643 bits per heavy atom. The largest absolute Gasteiger partial charge is 0.504 e. The number of amides is 1. The fourth-order valence-electron chi connectivity index (χ4n) is 6.04. The average Bonchev–Trinajstić information content (AvgIpc) is 3.41. The molecule has 0 bridgehead atoms. The summed E-state index contributed by atoms with van der Waals surface area (Å²) in [7, 11) is 0. The van der Waals surface area contributed by atoms with Crippen molar-refractivity contribution in [1.82, 2.24) is 10.3 Å². The second-order valence-corrected chi connectivity index (χ2v) is 12.7. The van der Waals surface area contributed by atoms with Gasteiger partial charge in [0.1, 0.15) is 0 Å². The van der Waals surface area contributed by atoms with Gasteiger partial charge in [0.25, 0.3) is 0 Å². The third-order valence-electron chi connectivity index (χ3n) is 8.78. The van der Waals surface area contributed by atoms with Crippen molar-refractivity contribution in [2.45, 2.75) is 174 Å². The first-order valence-corrected chi connectivity index (χ1v) is 17.9. The number of benzene rings is 1. The van der Waals surface area contributed by atoms with Gasteiger partial charge in [0.15, 0.2) is 11.5 Å². The number of nitrogens with one attached hydrogen (secondary N) is 2. The zero-order chi connectivity index (χ0) is 30.1. The van der Waals surface area contributed by atoms with Crippen LogP contribution in [0, 0.1) is 0 Å². The van der Waals surface area contributed by atoms with Crippen LogP contribution in [0.25, 0.3) is 10.9 Å². The molecule has 0 spiro atoms. The number of aromatic amines is 1. The van der Waals surface area contributed by atoms with Gasteiger partial charge in [-0.05, 0) is 24.6 Å². The predicted octanol–water partition coefficient (Wildman–Crippen LogP) is 11.0. The van der Waals surface area contributed by atoms with Gasteiger partial charge in [0, 0.05) is 36.0 Å². The van der Waals surface area contributed by atoms with Crippen LogP contribution in [0.1, 0.15) is 173 Å². The van der Waals surface area contributed by atoms with Gasteiger partial charge < -0.3 is 20.5 Å². The van der Waals surface area contributed by atoms with Gasteiger partial charge in [-0.25, -0.2) is 0 Å². The van der Waals surface area contributed by atoms with E-state index in [1.165, 1.54) is 147 Å². The number of aromatic hydroxyl groups is 2. The van der Waals surface area contributed by atoms with Crippen LogP contribution in [0.2, 0.25) is 0 Å². The van der Waals surface area contributed by atoms with Crippen molar-refractivity contribution in [3.8, 4) is 11.5 Å². The van der Waals surface area contributed by atoms with Gasteiger partial charge in [-0.15, -0.1) is 0 Å². The van der Waals surface area contributed by atoms with Crippen LogP contribution in [0.5, 0.6) is 11.5 Å². The monoisotopic (exact) mass is 584 g/mol. The van der Waals surface area contributed by atoms with Gasteiger partial charge in [-0.2, -0.15) is 0 Å². The normalized spacial score (nSPS) is 11.5. The lowest BCUT2D eigenvalue weighted by Gasteiger charge is -2.05. The zero-order valence-corrected chi connectivity index (χ0v) is 27.1. The molecule has 1 amide bonds. The molecule has 240 valence electrons. The summed E-state index contributed by atoms with van der Waals surface area (Å²) in [6, 6.07) is 5.05. The molecule has 2 rings (SSSR count). The quantitative estimate of drug-likeness (QED) is 0.0593. The van der Waals surface area contributed by atoms with E-state index in [-0.39, 0.29) is 17.4 Å². The van der Waals surface area contributed by atoms with Gasteiger partial charge in [-0.1, -0.05) is 155 Å². The minimum Gasteiger partial charge on any atom is -0.504 e. The van der Waals surface area contributed by atoms with E-state index in [2.05, 4.69) is 17.2 Å². The Morgan fingerprint density at radius 2 is 1.07 bits per heavy atom. The molecule has 0 radical (unpaired) electrons. The summed E-state index contributed by atoms with van der Waals surface area (Å²) in [6.45, 7) is 2.86. The molecule has 0 aliphatic carbocycles. The Bertz CT molecular complexity index is 938. The first kappa shape index (κ1) is 36.0. The van der Waals surface area contributed by atoms with E-state index in [1.807, 2.05) is 6.07 Å². The molecule has 1 heterocycles. The van der Waals surface area contributed by atoms with Crippen LogP contribution in [0.15, 0.2) is 18.2 Å². The van der Waals surface area contributed by atoms with Crippen molar-refractivity contribution in [1.29, 1.82) is 0 Å². The number of phenols is 2. The standard InChI is InChI=1S/C37H64N2O3/c1-2-3-4-5-6-7-8-9-10-11-12-13-14-15-16-17-18-19-20-21-22-23-24-25-26-36(41)38-30-29-32-31-33-34(39-32)27-28-35(40)37(33)42/h27-28,31,39-40,42H,2-26,29-30H2,1H3,(H,38,41). The van der Waals surface area contributed by atoms with Crippen LogP contribution in [-0.4, -0.2) is 27.6 Å². The van der Waals surface area contributed by atoms with E-state index in [0.717, 1.165) is 24.1 Å². The van der Waals surface area contributed by atoms with Crippen molar-refractivity contribution < 1.29 is 15.0 Å². The molecule has 2 aromatic rings. The number of hydrogen-bond acceptors (Lipinski definition) is 3. The third-order valence-corrected chi connectivity index (χ3v) is 8.78. The summed E-state index contributed by atoms with van der Waals surface area (Å²) in [4.78, 5) is 15.4. The number of H-pyrrole nitrogens is 1. The van der Waals surface area contributed by atoms with E-state index in [4.69, 9.17) is 0 Å². The molecule has 0 saturated carbocycles. The van der Waals surface area contributed by atoms with Crippen molar-refractivity contribution >= 4 is 16.8 Å². The maximum atomic E-state index is 12.1. The molecule has 0 aliphatic rings. The lowest BCUT2D eigenvalue weighted by molar-refractivity contribution is -0.121. The van der Waals surface area contributed by atoms with Crippen LogP contribution in [-0.2, 0) is 11.2 Å². The third kappa shape index (κ3) is 17.1. The minimum atomic E-state index is -0.119. The molecular weight excluding hydrogens is 520 g/mol. The number of aromatic nitrogens is 1. The smallest absolute Gasteiger partial charge is 0.220 e. The SMILES string of the molecule is CCCCCCCCCCCCCCCCCCCCCCCCCCC(=O)NCCc1cc2c(O)c(O)ccc2[nH]1. The van der Waals surface area contributed by atoms with Gasteiger partial charge in [0.2, 0.25) is 5.91 Å². The summed E-state index contributed by atoms with van der Waals surface area (Å²) in [5.74, 6) is -0.105. The van der Waals surface area contributed by atoms with Crippen LogP contribution in [0.4, 0.5) is 0 Å². The fraction of sp³-hybridized carbons (Fsp3) is 0.757. The number of carbonyl (C=O) groups is 1. The lowest BCUT2D eigenvalue weighted by atomic mass is 10.0. The van der Waals surface area contributed by atoms with E-state index >= 15 is 0 Å². The van der Waals surface area contributed by atoms with E-state index in [0.29, 0.717) is 24.8 Å².